The molecule has 4 heteroatoms. The zero-order valence-corrected chi connectivity index (χ0v) is 17.4. The van der Waals surface area contributed by atoms with Crippen LogP contribution in [0.2, 0.25) is 0 Å². The molecule has 4 N–H and O–H groups in total. The van der Waals surface area contributed by atoms with Crippen LogP contribution >= 0.6 is 0 Å². The van der Waals surface area contributed by atoms with Gasteiger partial charge in [0, 0.05) is 23.4 Å². The minimum atomic E-state index is -0.927. The summed E-state index contributed by atoms with van der Waals surface area (Å²) in [5.41, 5.74) is 10.7. The quantitative estimate of drug-likeness (QED) is 0.436. The second-order valence-electron chi connectivity index (χ2n) is 8.22. The van der Waals surface area contributed by atoms with Crippen molar-refractivity contribution in [3.8, 4) is 11.3 Å². The summed E-state index contributed by atoms with van der Waals surface area (Å²) in [5, 5.41) is 4.23. The zero-order chi connectivity index (χ0) is 21.1. The second-order valence-corrected chi connectivity index (χ2v) is 8.22. The Morgan fingerprint density at radius 2 is 1.53 bits per heavy atom. The Hall–Kier alpha value is -3.37. The topological polar surface area (TPSA) is 70.9 Å². The van der Waals surface area contributed by atoms with Gasteiger partial charge in [0.2, 0.25) is 5.91 Å². The van der Waals surface area contributed by atoms with Crippen LogP contribution < -0.4 is 11.1 Å². The molecular formula is C26H27N3O. The van der Waals surface area contributed by atoms with Crippen LogP contribution in [0.3, 0.4) is 0 Å². The van der Waals surface area contributed by atoms with Crippen LogP contribution in [-0.2, 0) is 4.79 Å². The Balaban J connectivity index is 1.87. The van der Waals surface area contributed by atoms with Gasteiger partial charge >= 0.3 is 0 Å². The molecule has 0 aliphatic rings. The van der Waals surface area contributed by atoms with Crippen LogP contribution in [0.25, 0.3) is 22.2 Å². The average molecular weight is 398 g/mol. The van der Waals surface area contributed by atoms with Crippen LogP contribution in [0.5, 0.6) is 0 Å². The number of rotatable bonds is 6. The molecule has 0 aliphatic heterocycles. The van der Waals surface area contributed by atoms with E-state index in [2.05, 4.69) is 52.8 Å². The van der Waals surface area contributed by atoms with Crippen molar-refractivity contribution < 1.29 is 4.79 Å². The lowest BCUT2D eigenvalue weighted by atomic mass is 9.87. The highest BCUT2D eigenvalue weighted by Crippen LogP contribution is 2.38. The number of carbonyl (C=O) groups excluding carboxylic acids is 1. The molecule has 152 valence electrons. The predicted molar refractivity (Wildman–Crippen MR) is 123 cm³/mol. The molecule has 4 aromatic rings. The van der Waals surface area contributed by atoms with Crippen molar-refractivity contribution in [1.82, 2.24) is 10.3 Å². The molecule has 0 radical (unpaired) electrons. The van der Waals surface area contributed by atoms with Crippen LogP contribution in [0.15, 0.2) is 84.9 Å². The molecule has 1 atom stereocenters. The highest BCUT2D eigenvalue weighted by molar-refractivity contribution is 5.92. The SMILES string of the molecule is CC(C)(N)C(=O)NCC(c1ccccc1)c1c(-c2ccccc2)[nH]c2ccccc12. The van der Waals surface area contributed by atoms with Crippen LogP contribution in [-0.4, -0.2) is 23.0 Å². The molecule has 0 spiro atoms. The zero-order valence-electron chi connectivity index (χ0n) is 17.4. The Morgan fingerprint density at radius 3 is 2.20 bits per heavy atom. The van der Waals surface area contributed by atoms with Crippen molar-refractivity contribution in [2.45, 2.75) is 25.3 Å². The smallest absolute Gasteiger partial charge is 0.239 e. The van der Waals surface area contributed by atoms with Gasteiger partial charge in [0.1, 0.15) is 0 Å². The first kappa shape index (κ1) is 19.9. The molecule has 4 rings (SSSR count). The van der Waals surface area contributed by atoms with Gasteiger partial charge in [-0.3, -0.25) is 4.79 Å². The molecule has 1 aromatic heterocycles. The van der Waals surface area contributed by atoms with Crippen molar-refractivity contribution in [3.63, 3.8) is 0 Å². The molecule has 0 saturated carbocycles. The summed E-state index contributed by atoms with van der Waals surface area (Å²) < 4.78 is 0. The fourth-order valence-electron chi connectivity index (χ4n) is 3.85. The lowest BCUT2D eigenvalue weighted by molar-refractivity contribution is -0.125. The summed E-state index contributed by atoms with van der Waals surface area (Å²) in [6.07, 6.45) is 0. The molecule has 3 aromatic carbocycles. The first-order valence-corrected chi connectivity index (χ1v) is 10.2. The van der Waals surface area contributed by atoms with Crippen molar-refractivity contribution >= 4 is 16.8 Å². The molecule has 0 bridgehead atoms. The summed E-state index contributed by atoms with van der Waals surface area (Å²) in [6.45, 7) is 3.91. The van der Waals surface area contributed by atoms with Gasteiger partial charge in [-0.15, -0.1) is 0 Å². The average Bonchev–Trinajstić information content (AvgIpc) is 3.14. The number of carbonyl (C=O) groups is 1. The molecule has 1 amide bonds. The summed E-state index contributed by atoms with van der Waals surface area (Å²) in [5.74, 6) is -0.187. The Labute approximate surface area is 177 Å². The van der Waals surface area contributed by atoms with Gasteiger partial charge in [-0.2, -0.15) is 0 Å². The summed E-state index contributed by atoms with van der Waals surface area (Å²) in [7, 11) is 0. The van der Waals surface area contributed by atoms with Gasteiger partial charge < -0.3 is 16.0 Å². The van der Waals surface area contributed by atoms with Crippen LogP contribution in [0, 0.1) is 0 Å². The molecule has 30 heavy (non-hydrogen) atoms. The molecule has 1 heterocycles. The molecule has 0 saturated heterocycles. The van der Waals surface area contributed by atoms with Crippen molar-refractivity contribution in [2.24, 2.45) is 5.73 Å². The number of para-hydroxylation sites is 1. The van der Waals surface area contributed by atoms with Gasteiger partial charge in [0.05, 0.1) is 11.2 Å². The third-order valence-corrected chi connectivity index (χ3v) is 5.41. The fraction of sp³-hybridized carbons (Fsp3) is 0.192. The first-order chi connectivity index (χ1) is 14.4. The van der Waals surface area contributed by atoms with Gasteiger partial charge in [0.25, 0.3) is 0 Å². The van der Waals surface area contributed by atoms with E-state index in [0.29, 0.717) is 6.54 Å². The minimum absolute atomic E-state index is 0.0242. The number of aromatic amines is 1. The molecule has 1 unspecified atom stereocenters. The van der Waals surface area contributed by atoms with E-state index in [1.54, 1.807) is 13.8 Å². The highest BCUT2D eigenvalue weighted by atomic mass is 16.2. The molecule has 0 fully saturated rings. The first-order valence-electron chi connectivity index (χ1n) is 10.2. The van der Waals surface area contributed by atoms with Crippen LogP contribution in [0.4, 0.5) is 0 Å². The molecular weight excluding hydrogens is 370 g/mol. The normalized spacial score (nSPS) is 12.6. The standard InChI is InChI=1S/C26H27N3O/c1-26(2,27)25(30)28-17-21(18-11-5-3-6-12-18)23-20-15-9-10-16-22(20)29-24(23)19-13-7-4-8-14-19/h3-16,21,29H,17,27H2,1-2H3,(H,28,30). The maximum Gasteiger partial charge on any atom is 0.239 e. The van der Waals surface area contributed by atoms with Gasteiger partial charge in [-0.25, -0.2) is 0 Å². The Kier molecular flexibility index (Phi) is 5.42. The number of hydrogen-bond acceptors (Lipinski definition) is 2. The molecule has 4 nitrogen and oxygen atoms in total. The lowest BCUT2D eigenvalue weighted by Gasteiger charge is -2.23. The third kappa shape index (κ3) is 4.00. The number of benzene rings is 3. The number of H-pyrrole nitrogens is 1. The van der Waals surface area contributed by atoms with Crippen molar-refractivity contribution in [3.05, 3.63) is 96.1 Å². The van der Waals surface area contributed by atoms with Gasteiger partial charge in [-0.1, -0.05) is 78.9 Å². The Bertz CT molecular complexity index is 1140. The van der Waals surface area contributed by atoms with E-state index in [4.69, 9.17) is 5.73 Å². The van der Waals surface area contributed by atoms with E-state index in [-0.39, 0.29) is 11.8 Å². The largest absolute Gasteiger partial charge is 0.354 e. The molecule has 0 aliphatic carbocycles. The highest BCUT2D eigenvalue weighted by Gasteiger charge is 2.27. The fourth-order valence-corrected chi connectivity index (χ4v) is 3.85. The number of amides is 1. The van der Waals surface area contributed by atoms with E-state index in [1.807, 2.05) is 42.5 Å². The maximum atomic E-state index is 12.5. The van der Waals surface area contributed by atoms with Gasteiger partial charge in [-0.05, 0) is 36.6 Å². The van der Waals surface area contributed by atoms with E-state index in [0.717, 1.165) is 27.7 Å². The third-order valence-electron chi connectivity index (χ3n) is 5.41. The maximum absolute atomic E-state index is 12.5. The van der Waals surface area contributed by atoms with E-state index < -0.39 is 5.54 Å². The summed E-state index contributed by atoms with van der Waals surface area (Å²) in [4.78, 5) is 16.2. The van der Waals surface area contributed by atoms with E-state index >= 15 is 0 Å². The summed E-state index contributed by atoms with van der Waals surface area (Å²) >= 11 is 0. The number of aromatic nitrogens is 1. The number of nitrogens with one attached hydrogen (secondary N) is 2. The number of hydrogen-bond donors (Lipinski definition) is 3. The number of fused-ring (bicyclic) bond motifs is 1. The lowest BCUT2D eigenvalue weighted by Crippen LogP contribution is -2.50. The van der Waals surface area contributed by atoms with E-state index in [1.165, 1.54) is 5.56 Å². The summed E-state index contributed by atoms with van der Waals surface area (Å²) in [6, 6.07) is 28.9. The minimum Gasteiger partial charge on any atom is -0.354 e. The Morgan fingerprint density at radius 1 is 0.933 bits per heavy atom. The second kappa shape index (κ2) is 8.17. The van der Waals surface area contributed by atoms with Crippen molar-refractivity contribution in [2.75, 3.05) is 6.54 Å². The number of nitrogens with two attached hydrogens (primary N) is 1. The van der Waals surface area contributed by atoms with Gasteiger partial charge in [0.15, 0.2) is 0 Å². The monoisotopic (exact) mass is 397 g/mol. The predicted octanol–water partition coefficient (Wildman–Crippen LogP) is 4.82. The van der Waals surface area contributed by atoms with E-state index in [9.17, 15) is 4.79 Å². The van der Waals surface area contributed by atoms with Crippen LogP contribution in [0.1, 0.15) is 30.9 Å². The van der Waals surface area contributed by atoms with Crippen molar-refractivity contribution in [1.29, 1.82) is 0 Å².